The summed E-state index contributed by atoms with van der Waals surface area (Å²) in [6.45, 7) is 2.47. The molecule has 146 valence electrons. The molecule has 4 nitrogen and oxygen atoms in total. The maximum absolute atomic E-state index is 12.9. The van der Waals surface area contributed by atoms with E-state index in [0.29, 0.717) is 18.9 Å². The Labute approximate surface area is 166 Å². The van der Waals surface area contributed by atoms with Gasteiger partial charge in [-0.25, -0.2) is 0 Å². The number of ketones is 1. The summed E-state index contributed by atoms with van der Waals surface area (Å²) in [6.07, 6.45) is 5.71. The molecule has 2 aromatic carbocycles. The van der Waals surface area contributed by atoms with Gasteiger partial charge in [0.05, 0.1) is 6.54 Å². The van der Waals surface area contributed by atoms with E-state index in [9.17, 15) is 9.59 Å². The lowest BCUT2D eigenvalue weighted by molar-refractivity contribution is -0.116. The molecule has 1 amide bonds. The largest absolute Gasteiger partial charge is 0.326 e. The number of fused-ring (bicyclic) bond motifs is 1. The second-order valence-corrected chi connectivity index (χ2v) is 8.13. The highest BCUT2D eigenvalue weighted by Gasteiger charge is 2.23. The van der Waals surface area contributed by atoms with Gasteiger partial charge in [0.15, 0.2) is 5.78 Å². The van der Waals surface area contributed by atoms with Gasteiger partial charge in [-0.15, -0.1) is 0 Å². The first kappa shape index (κ1) is 18.9. The van der Waals surface area contributed by atoms with Crippen LogP contribution in [0.25, 0.3) is 0 Å². The molecule has 0 aliphatic carbocycles. The molecule has 2 aliphatic rings. The molecule has 1 saturated heterocycles. The van der Waals surface area contributed by atoms with Crippen molar-refractivity contribution in [2.75, 3.05) is 25.0 Å². The highest BCUT2D eigenvalue weighted by Crippen LogP contribution is 2.25. The standard InChI is InChI=1S/C24H28N2O2/c27-23(21-11-12-22-20(15-21)9-4-10-24(28)25-22)17-26-13-5-8-19(16-26)14-18-6-2-1-3-7-18/h1-3,6-7,11-12,15,19H,4-5,8-10,13-14,16-17H2,(H,25,28)/t19-/m0/s1. The third-order valence-corrected chi connectivity index (χ3v) is 5.89. The average molecular weight is 376 g/mol. The van der Waals surface area contributed by atoms with E-state index in [4.69, 9.17) is 0 Å². The van der Waals surface area contributed by atoms with Crippen molar-refractivity contribution < 1.29 is 9.59 Å². The first-order valence-electron chi connectivity index (χ1n) is 10.4. The van der Waals surface area contributed by atoms with Gasteiger partial charge < -0.3 is 5.32 Å². The minimum Gasteiger partial charge on any atom is -0.326 e. The third-order valence-electron chi connectivity index (χ3n) is 5.89. The van der Waals surface area contributed by atoms with Gasteiger partial charge in [0.2, 0.25) is 5.91 Å². The van der Waals surface area contributed by atoms with Gasteiger partial charge in [0.1, 0.15) is 0 Å². The number of rotatable bonds is 5. The number of benzene rings is 2. The Hall–Kier alpha value is -2.46. The Bertz CT molecular complexity index is 847. The number of carbonyl (C=O) groups is 2. The maximum Gasteiger partial charge on any atom is 0.224 e. The second kappa shape index (κ2) is 8.70. The smallest absolute Gasteiger partial charge is 0.224 e. The number of amides is 1. The van der Waals surface area contributed by atoms with Crippen molar-refractivity contribution in [1.82, 2.24) is 4.90 Å². The van der Waals surface area contributed by atoms with Gasteiger partial charge in [-0.1, -0.05) is 30.3 Å². The number of likely N-dealkylation sites (tertiary alicyclic amines) is 1. The van der Waals surface area contributed by atoms with E-state index >= 15 is 0 Å². The van der Waals surface area contributed by atoms with E-state index < -0.39 is 0 Å². The molecule has 2 aromatic rings. The van der Waals surface area contributed by atoms with Gasteiger partial charge in [-0.3, -0.25) is 14.5 Å². The Morgan fingerprint density at radius 3 is 2.79 bits per heavy atom. The van der Waals surface area contributed by atoms with Crippen molar-refractivity contribution in [3.05, 3.63) is 65.2 Å². The fourth-order valence-corrected chi connectivity index (χ4v) is 4.45. The Morgan fingerprint density at radius 2 is 1.93 bits per heavy atom. The van der Waals surface area contributed by atoms with E-state index in [2.05, 4.69) is 40.5 Å². The van der Waals surface area contributed by atoms with Crippen molar-refractivity contribution in [2.24, 2.45) is 5.92 Å². The van der Waals surface area contributed by atoms with E-state index in [1.165, 1.54) is 12.0 Å². The zero-order valence-electron chi connectivity index (χ0n) is 16.3. The molecule has 4 rings (SSSR count). The topological polar surface area (TPSA) is 49.4 Å². The fourth-order valence-electron chi connectivity index (χ4n) is 4.45. The second-order valence-electron chi connectivity index (χ2n) is 8.13. The van der Waals surface area contributed by atoms with Gasteiger partial charge in [-0.05, 0) is 73.9 Å². The highest BCUT2D eigenvalue weighted by molar-refractivity contribution is 5.99. The molecular formula is C24H28N2O2. The summed E-state index contributed by atoms with van der Waals surface area (Å²) in [6, 6.07) is 16.4. The van der Waals surface area contributed by atoms with E-state index in [-0.39, 0.29) is 11.7 Å². The molecule has 0 aromatic heterocycles. The molecule has 0 radical (unpaired) electrons. The summed E-state index contributed by atoms with van der Waals surface area (Å²) in [4.78, 5) is 26.9. The van der Waals surface area contributed by atoms with Crippen LogP contribution in [0.5, 0.6) is 0 Å². The number of nitrogens with one attached hydrogen (secondary N) is 1. The molecule has 1 N–H and O–H groups in total. The minimum atomic E-state index is 0.0654. The number of anilines is 1. The SMILES string of the molecule is O=C1CCCc2cc(C(=O)CN3CCC[C@@H](Cc4ccccc4)C3)ccc2N1. The molecule has 28 heavy (non-hydrogen) atoms. The molecule has 1 fully saturated rings. The van der Waals surface area contributed by atoms with Crippen LogP contribution in [-0.2, 0) is 17.6 Å². The van der Waals surface area contributed by atoms with Crippen LogP contribution in [0, 0.1) is 5.92 Å². The zero-order chi connectivity index (χ0) is 19.3. The van der Waals surface area contributed by atoms with Crippen LogP contribution in [0.4, 0.5) is 5.69 Å². The molecule has 0 unspecified atom stereocenters. The first-order chi connectivity index (χ1) is 13.7. The van der Waals surface area contributed by atoms with Crippen LogP contribution >= 0.6 is 0 Å². The van der Waals surface area contributed by atoms with Crippen molar-refractivity contribution in [3.8, 4) is 0 Å². The van der Waals surface area contributed by atoms with Gasteiger partial charge in [-0.2, -0.15) is 0 Å². The zero-order valence-corrected chi connectivity index (χ0v) is 16.3. The van der Waals surface area contributed by atoms with Crippen LogP contribution in [0.2, 0.25) is 0 Å². The van der Waals surface area contributed by atoms with E-state index in [0.717, 1.165) is 55.6 Å². The lowest BCUT2D eigenvalue weighted by Crippen LogP contribution is -2.39. The summed E-state index contributed by atoms with van der Waals surface area (Å²) in [7, 11) is 0. The molecule has 2 heterocycles. The normalized spacial score (nSPS) is 20.1. The van der Waals surface area contributed by atoms with Crippen molar-refractivity contribution in [2.45, 2.75) is 38.5 Å². The number of carbonyl (C=O) groups excluding carboxylic acids is 2. The van der Waals surface area contributed by atoms with Crippen LogP contribution in [0.3, 0.4) is 0 Å². The molecule has 2 aliphatic heterocycles. The Kier molecular flexibility index (Phi) is 5.87. The third kappa shape index (κ3) is 4.68. The monoisotopic (exact) mass is 376 g/mol. The summed E-state index contributed by atoms with van der Waals surface area (Å²) in [5.41, 5.74) is 4.09. The Morgan fingerprint density at radius 1 is 1.07 bits per heavy atom. The predicted octanol–water partition coefficient (Wildman–Crippen LogP) is 4.10. The van der Waals surface area contributed by atoms with Crippen LogP contribution in [0.1, 0.15) is 47.2 Å². The maximum atomic E-state index is 12.9. The van der Waals surface area contributed by atoms with E-state index in [1.54, 1.807) is 0 Å². The number of piperidine rings is 1. The molecule has 1 atom stereocenters. The van der Waals surface area contributed by atoms with Crippen LogP contribution in [-0.4, -0.2) is 36.2 Å². The van der Waals surface area contributed by atoms with Crippen molar-refractivity contribution >= 4 is 17.4 Å². The summed E-state index contributed by atoms with van der Waals surface area (Å²) in [5.74, 6) is 0.862. The molecule has 0 saturated carbocycles. The van der Waals surface area contributed by atoms with Crippen molar-refractivity contribution in [3.63, 3.8) is 0 Å². The molecule has 0 spiro atoms. The van der Waals surface area contributed by atoms with Crippen LogP contribution in [0.15, 0.2) is 48.5 Å². The predicted molar refractivity (Wildman–Crippen MR) is 112 cm³/mol. The van der Waals surface area contributed by atoms with E-state index in [1.807, 2.05) is 18.2 Å². The fraction of sp³-hybridized carbons (Fsp3) is 0.417. The van der Waals surface area contributed by atoms with Gasteiger partial charge in [0, 0.05) is 24.2 Å². The summed E-state index contributed by atoms with van der Waals surface area (Å²) < 4.78 is 0. The first-order valence-corrected chi connectivity index (χ1v) is 10.4. The number of hydrogen-bond donors (Lipinski definition) is 1. The minimum absolute atomic E-state index is 0.0654. The number of aryl methyl sites for hydroxylation is 1. The number of Topliss-reactive ketones (excluding diaryl/α,β-unsaturated/α-hetero) is 1. The lowest BCUT2D eigenvalue weighted by Gasteiger charge is -2.32. The average Bonchev–Trinajstić information content (AvgIpc) is 2.89. The molecule has 4 heteroatoms. The quantitative estimate of drug-likeness (QED) is 0.800. The lowest BCUT2D eigenvalue weighted by atomic mass is 9.91. The number of nitrogens with zero attached hydrogens (tertiary/aromatic N) is 1. The summed E-state index contributed by atoms with van der Waals surface area (Å²) >= 11 is 0. The van der Waals surface area contributed by atoms with Gasteiger partial charge in [0.25, 0.3) is 0 Å². The molecular weight excluding hydrogens is 348 g/mol. The Balaban J connectivity index is 1.38. The van der Waals surface area contributed by atoms with Crippen molar-refractivity contribution in [1.29, 1.82) is 0 Å². The highest BCUT2D eigenvalue weighted by atomic mass is 16.1. The number of hydrogen-bond acceptors (Lipinski definition) is 3. The molecule has 0 bridgehead atoms. The summed E-state index contributed by atoms with van der Waals surface area (Å²) in [5, 5.41) is 2.94. The van der Waals surface area contributed by atoms with Gasteiger partial charge >= 0.3 is 0 Å². The van der Waals surface area contributed by atoms with Crippen LogP contribution < -0.4 is 5.32 Å².